The number of aryl methyl sites for hydroxylation is 1. The Bertz CT molecular complexity index is 489. The smallest absolute Gasteiger partial charge is 0.132 e. The highest BCUT2D eigenvalue weighted by Crippen LogP contribution is 2.28. The van der Waals surface area contributed by atoms with Crippen LogP contribution in [0.3, 0.4) is 0 Å². The SMILES string of the molecule is CCC(=O)CCc1cc(F)cc(O[C@H]2C[C@@H](NSC)C2)c1. The van der Waals surface area contributed by atoms with E-state index in [1.165, 1.54) is 12.1 Å². The van der Waals surface area contributed by atoms with Crippen molar-refractivity contribution < 1.29 is 13.9 Å². The zero-order valence-corrected chi connectivity index (χ0v) is 13.3. The first-order valence-corrected chi connectivity index (χ1v) is 8.59. The van der Waals surface area contributed by atoms with Crippen LogP contribution < -0.4 is 9.46 Å². The van der Waals surface area contributed by atoms with Crippen molar-refractivity contribution in [2.45, 2.75) is 51.2 Å². The average molecular weight is 311 g/mol. The maximum atomic E-state index is 13.6. The van der Waals surface area contributed by atoms with Crippen LogP contribution in [0.1, 0.15) is 38.2 Å². The van der Waals surface area contributed by atoms with Gasteiger partial charge in [-0.1, -0.05) is 18.9 Å². The van der Waals surface area contributed by atoms with Crippen LogP contribution in [0.15, 0.2) is 18.2 Å². The topological polar surface area (TPSA) is 38.3 Å². The van der Waals surface area contributed by atoms with Crippen LogP contribution in [0, 0.1) is 5.82 Å². The van der Waals surface area contributed by atoms with E-state index in [1.54, 1.807) is 11.9 Å². The number of ether oxygens (including phenoxy) is 1. The maximum Gasteiger partial charge on any atom is 0.132 e. The summed E-state index contributed by atoms with van der Waals surface area (Å²) in [6, 6.07) is 5.23. The van der Waals surface area contributed by atoms with Crippen LogP contribution in [-0.4, -0.2) is 24.2 Å². The van der Waals surface area contributed by atoms with E-state index < -0.39 is 0 Å². The molecular formula is C16H22FNO2S. The zero-order chi connectivity index (χ0) is 15.2. The van der Waals surface area contributed by atoms with Crippen molar-refractivity contribution in [3.63, 3.8) is 0 Å². The standard InChI is InChI=1S/C16H22FNO2S/c1-3-14(19)5-4-11-6-12(17)8-15(7-11)20-16-9-13(10-16)18-21-2/h6-8,13,16,18H,3-5,9-10H2,1-2H3/t13-,16+. The molecule has 1 aliphatic rings. The summed E-state index contributed by atoms with van der Waals surface area (Å²) in [5.74, 6) is 0.470. The highest BCUT2D eigenvalue weighted by Gasteiger charge is 2.30. The molecule has 21 heavy (non-hydrogen) atoms. The maximum absolute atomic E-state index is 13.6. The monoisotopic (exact) mass is 311 g/mol. The second kappa shape index (κ2) is 7.80. The molecule has 1 aromatic carbocycles. The Morgan fingerprint density at radius 3 is 2.86 bits per heavy atom. The molecule has 0 spiro atoms. The van der Waals surface area contributed by atoms with Gasteiger partial charge in [0, 0.05) is 37.8 Å². The predicted octanol–water partition coefficient (Wildman–Crippen LogP) is 3.51. The van der Waals surface area contributed by atoms with Crippen molar-refractivity contribution in [2.75, 3.05) is 6.26 Å². The molecule has 0 saturated heterocycles. The summed E-state index contributed by atoms with van der Waals surface area (Å²) in [7, 11) is 0. The average Bonchev–Trinajstić information content (AvgIpc) is 2.42. The fourth-order valence-electron chi connectivity index (χ4n) is 2.41. The Kier molecular flexibility index (Phi) is 6.06. The van der Waals surface area contributed by atoms with Gasteiger partial charge in [-0.15, -0.1) is 0 Å². The van der Waals surface area contributed by atoms with Crippen molar-refractivity contribution in [2.24, 2.45) is 0 Å². The van der Waals surface area contributed by atoms with Gasteiger partial charge >= 0.3 is 0 Å². The molecule has 0 bridgehead atoms. The fourth-order valence-corrected chi connectivity index (χ4v) is 2.94. The van der Waals surface area contributed by atoms with Gasteiger partial charge in [-0.05, 0) is 30.4 Å². The Balaban J connectivity index is 1.88. The van der Waals surface area contributed by atoms with E-state index in [4.69, 9.17) is 4.74 Å². The van der Waals surface area contributed by atoms with E-state index in [1.807, 2.05) is 19.2 Å². The lowest BCUT2D eigenvalue weighted by Crippen LogP contribution is -2.44. The summed E-state index contributed by atoms with van der Waals surface area (Å²) in [5, 5.41) is 0. The molecule has 1 fully saturated rings. The highest BCUT2D eigenvalue weighted by atomic mass is 32.2. The molecule has 0 unspecified atom stereocenters. The summed E-state index contributed by atoms with van der Waals surface area (Å²) in [6.45, 7) is 1.85. The minimum Gasteiger partial charge on any atom is -0.490 e. The van der Waals surface area contributed by atoms with Gasteiger partial charge in [0.25, 0.3) is 0 Å². The van der Waals surface area contributed by atoms with Gasteiger partial charge in [0.1, 0.15) is 23.5 Å². The number of carbonyl (C=O) groups excluding carboxylic acids is 1. The van der Waals surface area contributed by atoms with Crippen molar-refractivity contribution in [1.29, 1.82) is 0 Å². The first kappa shape index (κ1) is 16.3. The van der Waals surface area contributed by atoms with E-state index in [0.29, 0.717) is 31.1 Å². The Labute approximate surface area is 129 Å². The lowest BCUT2D eigenvalue weighted by atomic mass is 9.90. The summed E-state index contributed by atoms with van der Waals surface area (Å²) in [6.07, 6.45) is 5.61. The quantitative estimate of drug-likeness (QED) is 0.746. The molecule has 1 N–H and O–H groups in total. The minimum atomic E-state index is -0.301. The van der Waals surface area contributed by atoms with E-state index in [0.717, 1.165) is 18.4 Å². The van der Waals surface area contributed by atoms with Gasteiger partial charge in [-0.25, -0.2) is 4.39 Å². The van der Waals surface area contributed by atoms with Gasteiger partial charge in [-0.2, -0.15) is 0 Å². The van der Waals surface area contributed by atoms with E-state index in [9.17, 15) is 9.18 Å². The van der Waals surface area contributed by atoms with Crippen molar-refractivity contribution in [3.8, 4) is 5.75 Å². The number of ketones is 1. The Morgan fingerprint density at radius 2 is 2.19 bits per heavy atom. The van der Waals surface area contributed by atoms with E-state index >= 15 is 0 Å². The zero-order valence-electron chi connectivity index (χ0n) is 12.5. The molecule has 0 heterocycles. The molecule has 0 aromatic heterocycles. The largest absolute Gasteiger partial charge is 0.490 e. The van der Waals surface area contributed by atoms with Crippen LogP contribution in [0.2, 0.25) is 0 Å². The molecule has 0 aliphatic heterocycles. The summed E-state index contributed by atoms with van der Waals surface area (Å²) < 4.78 is 22.7. The number of hydrogen-bond acceptors (Lipinski definition) is 4. The second-order valence-corrected chi connectivity index (χ2v) is 6.06. The lowest BCUT2D eigenvalue weighted by Gasteiger charge is -2.35. The molecular weight excluding hydrogens is 289 g/mol. The van der Waals surface area contributed by atoms with Crippen LogP contribution in [0.25, 0.3) is 0 Å². The first-order valence-electron chi connectivity index (χ1n) is 7.37. The van der Waals surface area contributed by atoms with Crippen LogP contribution in [0.4, 0.5) is 4.39 Å². The number of nitrogens with one attached hydrogen (secondary N) is 1. The van der Waals surface area contributed by atoms with Crippen LogP contribution >= 0.6 is 11.9 Å². The lowest BCUT2D eigenvalue weighted by molar-refractivity contribution is -0.118. The third-order valence-corrected chi connectivity index (χ3v) is 4.27. The Hall–Kier alpha value is -1.07. The molecule has 0 radical (unpaired) electrons. The molecule has 0 amide bonds. The summed E-state index contributed by atoms with van der Waals surface area (Å²) in [5.41, 5.74) is 0.824. The molecule has 3 nitrogen and oxygen atoms in total. The van der Waals surface area contributed by atoms with Gasteiger partial charge in [0.15, 0.2) is 0 Å². The normalized spacial score (nSPS) is 20.9. The molecule has 1 aliphatic carbocycles. The Morgan fingerprint density at radius 1 is 1.43 bits per heavy atom. The van der Waals surface area contributed by atoms with Gasteiger partial charge in [0.2, 0.25) is 0 Å². The molecule has 2 rings (SSSR count). The number of carbonyl (C=O) groups is 1. The highest BCUT2D eigenvalue weighted by molar-refractivity contribution is 7.96. The van der Waals surface area contributed by atoms with E-state index in [2.05, 4.69) is 4.72 Å². The van der Waals surface area contributed by atoms with Crippen LogP contribution in [0.5, 0.6) is 5.75 Å². The predicted molar refractivity (Wildman–Crippen MR) is 84.1 cm³/mol. The van der Waals surface area contributed by atoms with Crippen molar-refractivity contribution in [1.82, 2.24) is 4.72 Å². The number of rotatable bonds is 8. The number of halogens is 1. The molecule has 1 saturated carbocycles. The van der Waals surface area contributed by atoms with Crippen molar-refractivity contribution in [3.05, 3.63) is 29.6 Å². The van der Waals surface area contributed by atoms with Gasteiger partial charge in [0.05, 0.1) is 0 Å². The number of hydrogen-bond donors (Lipinski definition) is 1. The van der Waals surface area contributed by atoms with Gasteiger partial charge in [-0.3, -0.25) is 9.52 Å². The minimum absolute atomic E-state index is 0.154. The summed E-state index contributed by atoms with van der Waals surface area (Å²) >= 11 is 1.61. The van der Waals surface area contributed by atoms with E-state index in [-0.39, 0.29) is 17.7 Å². The fraction of sp³-hybridized carbons (Fsp3) is 0.562. The molecule has 116 valence electrons. The first-order chi connectivity index (χ1) is 10.1. The third kappa shape index (κ3) is 5.00. The molecule has 5 heteroatoms. The number of benzene rings is 1. The summed E-state index contributed by atoms with van der Waals surface area (Å²) in [4.78, 5) is 11.4. The molecule has 1 aromatic rings. The second-order valence-electron chi connectivity index (χ2n) is 5.42. The van der Waals surface area contributed by atoms with Crippen molar-refractivity contribution >= 4 is 17.7 Å². The van der Waals surface area contributed by atoms with Crippen LogP contribution in [-0.2, 0) is 11.2 Å². The molecule has 0 atom stereocenters. The number of Topliss-reactive ketones (excluding diaryl/α,β-unsaturated/α-hetero) is 1. The third-order valence-electron chi connectivity index (χ3n) is 3.70. The van der Waals surface area contributed by atoms with Gasteiger partial charge < -0.3 is 4.74 Å².